The summed E-state index contributed by atoms with van der Waals surface area (Å²) in [7, 11) is -3.68. The number of amides is 1. The number of nitro benzene ring substituents is 1. The van der Waals surface area contributed by atoms with Crippen molar-refractivity contribution in [2.45, 2.75) is 44.4 Å². The number of nitro groups is 1. The summed E-state index contributed by atoms with van der Waals surface area (Å²) in [5.41, 5.74) is 1.24. The van der Waals surface area contributed by atoms with E-state index in [1.54, 1.807) is 30.3 Å². The highest BCUT2D eigenvalue weighted by molar-refractivity contribution is 7.89. The largest absolute Gasteiger partial charge is 0.370 e. The third kappa shape index (κ3) is 5.69. The van der Waals surface area contributed by atoms with Crippen molar-refractivity contribution < 1.29 is 18.1 Å². The van der Waals surface area contributed by atoms with Crippen LogP contribution in [0.15, 0.2) is 47.4 Å². The van der Waals surface area contributed by atoms with Gasteiger partial charge in [0, 0.05) is 37.8 Å². The molecule has 178 valence electrons. The van der Waals surface area contributed by atoms with E-state index in [2.05, 4.69) is 5.32 Å². The molecule has 0 atom stereocenters. The number of carbonyl (C=O) groups excluding carboxylic acids is 1. The molecule has 0 bridgehead atoms. The molecular formula is C23H30N4O5S. The SMILES string of the molecule is CCN(CC)c1ccc(S(=O)(=O)N2CCCCC2)cc1NC(=O)Cc1ccccc1[N+](=O)[O-]. The first-order valence-corrected chi connectivity index (χ1v) is 12.6. The van der Waals surface area contributed by atoms with Gasteiger partial charge in [-0.2, -0.15) is 4.31 Å². The van der Waals surface area contributed by atoms with Crippen LogP contribution in [0.4, 0.5) is 17.1 Å². The van der Waals surface area contributed by atoms with Crippen molar-refractivity contribution in [3.63, 3.8) is 0 Å². The van der Waals surface area contributed by atoms with Crippen molar-refractivity contribution in [3.8, 4) is 0 Å². The fourth-order valence-corrected chi connectivity index (χ4v) is 5.62. The van der Waals surface area contributed by atoms with Crippen molar-refractivity contribution >= 4 is 33.0 Å². The van der Waals surface area contributed by atoms with Crippen LogP contribution in [-0.2, 0) is 21.2 Å². The molecule has 33 heavy (non-hydrogen) atoms. The summed E-state index contributed by atoms with van der Waals surface area (Å²) in [6.07, 6.45) is 2.48. The number of nitrogens with one attached hydrogen (secondary N) is 1. The molecule has 2 aromatic rings. The minimum absolute atomic E-state index is 0.126. The molecule has 1 amide bonds. The predicted octanol–water partition coefficient (Wildman–Crippen LogP) is 3.80. The van der Waals surface area contributed by atoms with E-state index >= 15 is 0 Å². The van der Waals surface area contributed by atoms with E-state index in [0.29, 0.717) is 43.1 Å². The van der Waals surface area contributed by atoms with E-state index in [4.69, 9.17) is 0 Å². The van der Waals surface area contributed by atoms with Crippen molar-refractivity contribution in [2.75, 3.05) is 36.4 Å². The van der Waals surface area contributed by atoms with Crippen LogP contribution in [0, 0.1) is 10.1 Å². The summed E-state index contributed by atoms with van der Waals surface area (Å²) in [4.78, 5) is 25.8. The van der Waals surface area contributed by atoms with Crippen LogP contribution in [0.3, 0.4) is 0 Å². The van der Waals surface area contributed by atoms with Crippen molar-refractivity contribution in [2.24, 2.45) is 0 Å². The molecular weight excluding hydrogens is 444 g/mol. The van der Waals surface area contributed by atoms with Gasteiger partial charge in [-0.15, -0.1) is 0 Å². The molecule has 1 aliphatic heterocycles. The zero-order valence-corrected chi connectivity index (χ0v) is 19.8. The third-order valence-electron chi connectivity index (χ3n) is 5.84. The Kier molecular flexibility index (Phi) is 8.04. The highest BCUT2D eigenvalue weighted by Gasteiger charge is 2.27. The Bertz CT molecular complexity index is 1110. The maximum Gasteiger partial charge on any atom is 0.273 e. The second-order valence-corrected chi connectivity index (χ2v) is 9.86. The van der Waals surface area contributed by atoms with Crippen LogP contribution in [0.25, 0.3) is 0 Å². The lowest BCUT2D eigenvalue weighted by Gasteiger charge is -2.28. The zero-order valence-electron chi connectivity index (χ0n) is 19.0. The van der Waals surface area contributed by atoms with Crippen LogP contribution in [0.1, 0.15) is 38.7 Å². The Morgan fingerprint density at radius 1 is 1.09 bits per heavy atom. The monoisotopic (exact) mass is 474 g/mol. The molecule has 3 rings (SSSR count). The van der Waals surface area contributed by atoms with Gasteiger partial charge in [0.05, 0.1) is 27.6 Å². The molecule has 1 N–H and O–H groups in total. The number of hydrogen-bond acceptors (Lipinski definition) is 6. The average molecular weight is 475 g/mol. The van der Waals surface area contributed by atoms with Gasteiger partial charge < -0.3 is 10.2 Å². The molecule has 2 aromatic carbocycles. The van der Waals surface area contributed by atoms with Crippen LogP contribution in [0.2, 0.25) is 0 Å². The molecule has 0 unspecified atom stereocenters. The minimum atomic E-state index is -3.68. The van der Waals surface area contributed by atoms with Crippen LogP contribution < -0.4 is 10.2 Å². The Morgan fingerprint density at radius 2 is 1.76 bits per heavy atom. The van der Waals surface area contributed by atoms with E-state index in [1.807, 2.05) is 18.7 Å². The van der Waals surface area contributed by atoms with Crippen LogP contribution in [0.5, 0.6) is 0 Å². The first kappa shape index (κ1) is 24.7. The van der Waals surface area contributed by atoms with Crippen molar-refractivity contribution in [3.05, 3.63) is 58.1 Å². The molecule has 0 radical (unpaired) electrons. The van der Waals surface area contributed by atoms with E-state index in [9.17, 15) is 23.3 Å². The number of benzene rings is 2. The second kappa shape index (κ2) is 10.8. The lowest BCUT2D eigenvalue weighted by Crippen LogP contribution is -2.35. The van der Waals surface area contributed by atoms with Gasteiger partial charge in [0.25, 0.3) is 5.69 Å². The van der Waals surface area contributed by atoms with Gasteiger partial charge in [0.1, 0.15) is 0 Å². The highest BCUT2D eigenvalue weighted by Crippen LogP contribution is 2.31. The van der Waals surface area contributed by atoms with Gasteiger partial charge in [-0.1, -0.05) is 24.6 Å². The summed E-state index contributed by atoms with van der Waals surface area (Å²) >= 11 is 0. The van der Waals surface area contributed by atoms with Crippen molar-refractivity contribution in [1.29, 1.82) is 0 Å². The molecule has 0 aliphatic carbocycles. The highest BCUT2D eigenvalue weighted by atomic mass is 32.2. The minimum Gasteiger partial charge on any atom is -0.370 e. The smallest absolute Gasteiger partial charge is 0.273 e. The van der Waals surface area contributed by atoms with Crippen molar-refractivity contribution in [1.82, 2.24) is 4.31 Å². The molecule has 1 saturated heterocycles. The lowest BCUT2D eigenvalue weighted by molar-refractivity contribution is -0.385. The number of hydrogen-bond donors (Lipinski definition) is 1. The second-order valence-electron chi connectivity index (χ2n) is 7.93. The summed E-state index contributed by atoms with van der Waals surface area (Å²) in [6, 6.07) is 10.9. The summed E-state index contributed by atoms with van der Waals surface area (Å²) < 4.78 is 27.8. The Hall–Kier alpha value is -2.98. The summed E-state index contributed by atoms with van der Waals surface area (Å²) in [6.45, 7) is 6.25. The standard InChI is InChI=1S/C23H30N4O5S/c1-3-25(4-2)22-13-12-19(33(31,32)26-14-8-5-9-15-26)17-20(22)24-23(28)16-18-10-6-7-11-21(18)27(29)30/h6-7,10-13,17H,3-5,8-9,14-16H2,1-2H3,(H,24,28). The molecule has 1 heterocycles. The van der Waals surface area contributed by atoms with Gasteiger partial charge in [-0.25, -0.2) is 8.42 Å². The number of piperidine rings is 1. The van der Waals surface area contributed by atoms with Gasteiger partial charge in [-0.3, -0.25) is 14.9 Å². The van der Waals surface area contributed by atoms with E-state index in [1.165, 1.54) is 16.4 Å². The number of carbonyl (C=O) groups is 1. The van der Waals surface area contributed by atoms with E-state index in [-0.39, 0.29) is 17.0 Å². The topological polar surface area (TPSA) is 113 Å². The van der Waals surface area contributed by atoms with E-state index in [0.717, 1.165) is 19.3 Å². The Labute approximate surface area is 194 Å². The molecule has 0 spiro atoms. The van der Waals surface area contributed by atoms with Gasteiger partial charge in [0.15, 0.2) is 0 Å². The maximum absolute atomic E-state index is 13.2. The number of para-hydroxylation sites is 1. The van der Waals surface area contributed by atoms with Gasteiger partial charge in [-0.05, 0) is 44.9 Å². The summed E-state index contributed by atoms with van der Waals surface area (Å²) in [5, 5.41) is 14.1. The van der Waals surface area contributed by atoms with Gasteiger partial charge >= 0.3 is 0 Å². The first-order valence-electron chi connectivity index (χ1n) is 11.2. The first-order chi connectivity index (χ1) is 15.8. The number of rotatable bonds is 9. The normalized spacial score (nSPS) is 14.6. The Balaban J connectivity index is 1.93. The average Bonchev–Trinajstić information content (AvgIpc) is 2.81. The predicted molar refractivity (Wildman–Crippen MR) is 128 cm³/mol. The summed E-state index contributed by atoms with van der Waals surface area (Å²) in [5.74, 6) is -0.453. The number of anilines is 2. The fraction of sp³-hybridized carbons (Fsp3) is 0.435. The zero-order chi connectivity index (χ0) is 24.0. The molecule has 0 saturated carbocycles. The lowest BCUT2D eigenvalue weighted by atomic mass is 10.1. The Morgan fingerprint density at radius 3 is 2.39 bits per heavy atom. The van der Waals surface area contributed by atoms with Gasteiger partial charge in [0.2, 0.25) is 15.9 Å². The quantitative estimate of drug-likeness (QED) is 0.437. The molecule has 9 nitrogen and oxygen atoms in total. The number of sulfonamides is 1. The van der Waals surface area contributed by atoms with Crippen LogP contribution >= 0.6 is 0 Å². The van der Waals surface area contributed by atoms with Crippen LogP contribution in [-0.4, -0.2) is 49.7 Å². The fourth-order valence-electron chi connectivity index (χ4n) is 4.08. The molecule has 0 aromatic heterocycles. The molecule has 10 heteroatoms. The van der Waals surface area contributed by atoms with E-state index < -0.39 is 20.9 Å². The molecule has 1 aliphatic rings. The third-order valence-corrected chi connectivity index (χ3v) is 7.73. The maximum atomic E-state index is 13.2. The number of nitrogens with zero attached hydrogens (tertiary/aromatic N) is 3. The molecule has 1 fully saturated rings.